The number of benzene rings is 4. The second-order valence-electron chi connectivity index (χ2n) is 7.39. The van der Waals surface area contributed by atoms with E-state index in [2.05, 4.69) is 19.1 Å². The van der Waals surface area contributed by atoms with Crippen molar-refractivity contribution in [1.29, 1.82) is 0 Å². The quantitative estimate of drug-likeness (QED) is 0.331. The molecule has 0 saturated carbocycles. The Hall–Kier alpha value is -3.13. The van der Waals surface area contributed by atoms with Crippen molar-refractivity contribution in [3.8, 4) is 28.0 Å². The van der Waals surface area contributed by atoms with Crippen LogP contribution < -0.4 is 4.74 Å². The van der Waals surface area contributed by atoms with Gasteiger partial charge in [0, 0.05) is 10.9 Å². The van der Waals surface area contributed by atoms with Crippen LogP contribution in [0.25, 0.3) is 33.0 Å². The van der Waals surface area contributed by atoms with E-state index in [-0.39, 0.29) is 5.82 Å². The van der Waals surface area contributed by atoms with E-state index in [0.717, 1.165) is 47.1 Å². The Labute approximate surface area is 171 Å². The molecule has 0 atom stereocenters. The number of hydrogen-bond donors (Lipinski definition) is 0. The Bertz CT molecular complexity index is 1110. The zero-order chi connectivity index (χ0) is 20.2. The van der Waals surface area contributed by atoms with Crippen molar-refractivity contribution >= 4 is 10.8 Å². The molecule has 0 heterocycles. The van der Waals surface area contributed by atoms with E-state index in [4.69, 9.17) is 4.74 Å². The highest BCUT2D eigenvalue weighted by atomic mass is 19.1. The van der Waals surface area contributed by atoms with E-state index in [1.54, 1.807) is 7.11 Å². The summed E-state index contributed by atoms with van der Waals surface area (Å²) in [4.78, 5) is 0. The average Bonchev–Trinajstić information content (AvgIpc) is 2.78. The monoisotopic (exact) mass is 384 g/mol. The van der Waals surface area contributed by atoms with Gasteiger partial charge in [0.25, 0.3) is 0 Å². The van der Waals surface area contributed by atoms with Gasteiger partial charge in [0.15, 0.2) is 0 Å². The molecule has 2 heteroatoms. The fourth-order valence-corrected chi connectivity index (χ4v) is 3.73. The first kappa shape index (κ1) is 19.2. The lowest BCUT2D eigenvalue weighted by Gasteiger charge is -2.10. The first-order valence-corrected chi connectivity index (χ1v) is 10.2. The fraction of sp³-hybridized carbons (Fsp3) is 0.185. The molecule has 0 spiro atoms. The zero-order valence-electron chi connectivity index (χ0n) is 16.9. The van der Waals surface area contributed by atoms with Gasteiger partial charge in [-0.1, -0.05) is 80.1 Å². The van der Waals surface area contributed by atoms with Gasteiger partial charge < -0.3 is 4.74 Å². The summed E-state index contributed by atoms with van der Waals surface area (Å²) in [7, 11) is 1.66. The molecule has 1 nitrogen and oxygen atoms in total. The lowest BCUT2D eigenvalue weighted by molar-refractivity contribution is 0.415. The molecule has 0 aromatic heterocycles. The highest BCUT2D eigenvalue weighted by Gasteiger charge is 2.10. The zero-order valence-corrected chi connectivity index (χ0v) is 16.9. The summed E-state index contributed by atoms with van der Waals surface area (Å²) in [6, 6.07) is 26.0. The number of fused-ring (bicyclic) bond motifs is 1. The summed E-state index contributed by atoms with van der Waals surface area (Å²) in [6.07, 6.45) is 3.37. The van der Waals surface area contributed by atoms with Gasteiger partial charge in [-0.05, 0) is 52.6 Å². The molecule has 0 N–H and O–H groups in total. The molecule has 0 radical (unpaired) electrons. The molecule has 4 aromatic rings. The van der Waals surface area contributed by atoms with Crippen LogP contribution in [0.2, 0.25) is 0 Å². The Kier molecular flexibility index (Phi) is 5.62. The highest BCUT2D eigenvalue weighted by Crippen LogP contribution is 2.31. The lowest BCUT2D eigenvalue weighted by Crippen LogP contribution is -1.90. The summed E-state index contributed by atoms with van der Waals surface area (Å²) in [5, 5.41) is 1.65. The maximum absolute atomic E-state index is 15.2. The van der Waals surface area contributed by atoms with Crippen molar-refractivity contribution in [2.45, 2.75) is 26.2 Å². The van der Waals surface area contributed by atoms with Crippen molar-refractivity contribution < 1.29 is 9.13 Å². The number of unbranched alkanes of at least 4 members (excludes halogenated alkanes) is 1. The minimum absolute atomic E-state index is 0.151. The molecule has 29 heavy (non-hydrogen) atoms. The SMILES string of the molecule is CCCCc1ccc2c(F)c(-c3ccc(-c4ccc(OC)cc4)cc3)ccc2c1. The van der Waals surface area contributed by atoms with Crippen LogP contribution in [0.1, 0.15) is 25.3 Å². The van der Waals surface area contributed by atoms with Crippen LogP contribution in [-0.2, 0) is 6.42 Å². The van der Waals surface area contributed by atoms with E-state index >= 15 is 4.39 Å². The predicted octanol–water partition coefficient (Wildman–Crippen LogP) is 7.66. The lowest BCUT2D eigenvalue weighted by atomic mass is 9.96. The van der Waals surface area contributed by atoms with Crippen molar-refractivity contribution in [3.63, 3.8) is 0 Å². The maximum atomic E-state index is 15.2. The molecule has 0 saturated heterocycles. The van der Waals surface area contributed by atoms with Crippen LogP contribution in [0.5, 0.6) is 5.75 Å². The summed E-state index contributed by atoms with van der Waals surface area (Å²) >= 11 is 0. The van der Waals surface area contributed by atoms with Crippen molar-refractivity contribution in [1.82, 2.24) is 0 Å². The summed E-state index contributed by atoms with van der Waals surface area (Å²) in [5.41, 5.74) is 5.00. The van der Waals surface area contributed by atoms with Crippen molar-refractivity contribution in [3.05, 3.63) is 90.2 Å². The molecular formula is C27H25FO. The van der Waals surface area contributed by atoms with Crippen LogP contribution >= 0.6 is 0 Å². The van der Waals surface area contributed by atoms with Crippen molar-refractivity contribution in [2.24, 2.45) is 0 Å². The van der Waals surface area contributed by atoms with E-state index < -0.39 is 0 Å². The molecule has 4 aromatic carbocycles. The first-order valence-electron chi connectivity index (χ1n) is 10.2. The van der Waals surface area contributed by atoms with E-state index in [9.17, 15) is 0 Å². The summed E-state index contributed by atoms with van der Waals surface area (Å²) in [5.74, 6) is 0.684. The normalized spacial score (nSPS) is 11.0. The Morgan fingerprint density at radius 1 is 0.759 bits per heavy atom. The number of halogens is 1. The van der Waals surface area contributed by atoms with E-state index in [0.29, 0.717) is 10.9 Å². The van der Waals surface area contributed by atoms with Crippen LogP contribution in [0.3, 0.4) is 0 Å². The van der Waals surface area contributed by atoms with Gasteiger partial charge in [0.05, 0.1) is 7.11 Å². The second kappa shape index (κ2) is 8.48. The van der Waals surface area contributed by atoms with Gasteiger partial charge >= 0.3 is 0 Å². The summed E-state index contributed by atoms with van der Waals surface area (Å²) < 4.78 is 20.4. The Morgan fingerprint density at radius 3 is 2.07 bits per heavy atom. The van der Waals surface area contributed by atoms with Crippen molar-refractivity contribution in [2.75, 3.05) is 7.11 Å². The smallest absolute Gasteiger partial charge is 0.138 e. The van der Waals surface area contributed by atoms with Crippen LogP contribution in [0.4, 0.5) is 4.39 Å². The Morgan fingerprint density at radius 2 is 1.41 bits per heavy atom. The minimum Gasteiger partial charge on any atom is -0.497 e. The molecule has 0 aliphatic rings. The minimum atomic E-state index is -0.151. The molecule has 0 aliphatic heterocycles. The van der Waals surface area contributed by atoms with E-state index in [1.807, 2.05) is 66.7 Å². The van der Waals surface area contributed by atoms with Crippen LogP contribution in [0.15, 0.2) is 78.9 Å². The van der Waals surface area contributed by atoms with E-state index in [1.165, 1.54) is 5.56 Å². The third kappa shape index (κ3) is 4.02. The number of ether oxygens (including phenoxy) is 1. The topological polar surface area (TPSA) is 9.23 Å². The molecule has 0 fully saturated rings. The fourth-order valence-electron chi connectivity index (χ4n) is 3.73. The standard InChI is InChI=1S/C27H25FO/c1-3-4-5-19-6-16-26-23(18-19)13-17-25(27(26)28)22-9-7-20(8-10-22)21-11-14-24(29-2)15-12-21/h6-18H,3-5H2,1-2H3. The summed E-state index contributed by atoms with van der Waals surface area (Å²) in [6.45, 7) is 2.19. The molecule has 4 rings (SSSR count). The van der Waals surface area contributed by atoms with Gasteiger partial charge in [-0.3, -0.25) is 0 Å². The molecular weight excluding hydrogens is 359 g/mol. The molecule has 0 bridgehead atoms. The third-order valence-electron chi connectivity index (χ3n) is 5.46. The van der Waals surface area contributed by atoms with Gasteiger partial charge in [0.1, 0.15) is 11.6 Å². The van der Waals surface area contributed by atoms with Crippen LogP contribution in [0, 0.1) is 5.82 Å². The number of hydrogen-bond acceptors (Lipinski definition) is 1. The average molecular weight is 384 g/mol. The number of rotatable bonds is 6. The van der Waals surface area contributed by atoms with Gasteiger partial charge in [-0.25, -0.2) is 4.39 Å². The van der Waals surface area contributed by atoms with Gasteiger partial charge in [-0.15, -0.1) is 0 Å². The molecule has 146 valence electrons. The largest absolute Gasteiger partial charge is 0.497 e. The number of aryl methyl sites for hydroxylation is 1. The molecule has 0 aliphatic carbocycles. The predicted molar refractivity (Wildman–Crippen MR) is 120 cm³/mol. The second-order valence-corrected chi connectivity index (χ2v) is 7.39. The highest BCUT2D eigenvalue weighted by molar-refractivity contribution is 5.89. The maximum Gasteiger partial charge on any atom is 0.138 e. The first-order chi connectivity index (χ1) is 14.2. The van der Waals surface area contributed by atoms with Crippen LogP contribution in [-0.4, -0.2) is 7.11 Å². The number of methoxy groups -OCH3 is 1. The third-order valence-corrected chi connectivity index (χ3v) is 5.46. The van der Waals surface area contributed by atoms with Gasteiger partial charge in [0.2, 0.25) is 0 Å². The molecule has 0 amide bonds. The molecule has 0 unspecified atom stereocenters. The Balaban J connectivity index is 1.64. The van der Waals surface area contributed by atoms with Gasteiger partial charge in [-0.2, -0.15) is 0 Å².